The molecule has 192 valence electrons. The van der Waals surface area contributed by atoms with Crippen LogP contribution in [0.15, 0.2) is 40.0 Å². The third kappa shape index (κ3) is 5.39. The monoisotopic (exact) mass is 493 g/mol. The second-order valence-corrected chi connectivity index (χ2v) is 10.4. The largest absolute Gasteiger partial charge is 0.493 e. The Morgan fingerprint density at radius 2 is 1.94 bits per heavy atom. The van der Waals surface area contributed by atoms with Crippen LogP contribution in [0.1, 0.15) is 63.3 Å². The number of aromatic nitrogens is 2. The fourth-order valence-electron chi connectivity index (χ4n) is 5.05. The molecule has 3 heterocycles. The smallest absolute Gasteiger partial charge is 0.324 e. The number of nitrogens with zero attached hydrogens (tertiary/aromatic N) is 5. The van der Waals surface area contributed by atoms with Gasteiger partial charge in [-0.25, -0.2) is 0 Å². The summed E-state index contributed by atoms with van der Waals surface area (Å²) in [6, 6.07) is 8.96. The topological polar surface area (TPSA) is 104 Å². The van der Waals surface area contributed by atoms with Crippen LogP contribution in [0.5, 0.6) is 5.75 Å². The van der Waals surface area contributed by atoms with E-state index in [-0.39, 0.29) is 17.7 Å². The summed E-state index contributed by atoms with van der Waals surface area (Å²) in [6.45, 7) is 7.56. The van der Waals surface area contributed by atoms with E-state index in [0.29, 0.717) is 37.3 Å². The molecule has 2 aliphatic heterocycles. The van der Waals surface area contributed by atoms with E-state index in [0.717, 1.165) is 56.8 Å². The highest BCUT2D eigenvalue weighted by atomic mass is 16.5. The molecule has 1 aliphatic carbocycles. The van der Waals surface area contributed by atoms with Crippen molar-refractivity contribution < 1.29 is 19.3 Å². The van der Waals surface area contributed by atoms with Crippen LogP contribution in [0.4, 0.5) is 6.01 Å². The molecule has 1 atom stereocenters. The zero-order valence-corrected chi connectivity index (χ0v) is 21.1. The fourth-order valence-corrected chi connectivity index (χ4v) is 5.05. The highest BCUT2D eigenvalue weighted by Crippen LogP contribution is 2.33. The van der Waals surface area contributed by atoms with E-state index in [1.807, 2.05) is 12.1 Å². The number of hydrogen-bond donors (Lipinski definition) is 1. The molecule has 0 bridgehead atoms. The van der Waals surface area contributed by atoms with E-state index in [2.05, 4.69) is 52.3 Å². The summed E-state index contributed by atoms with van der Waals surface area (Å²) in [5.41, 5.74) is 3.16. The lowest BCUT2D eigenvalue weighted by Gasteiger charge is -2.35. The van der Waals surface area contributed by atoms with Crippen molar-refractivity contribution >= 4 is 23.2 Å². The van der Waals surface area contributed by atoms with Crippen molar-refractivity contribution in [2.24, 2.45) is 17.0 Å². The van der Waals surface area contributed by atoms with E-state index in [1.165, 1.54) is 11.1 Å². The first-order valence-corrected chi connectivity index (χ1v) is 13.0. The van der Waals surface area contributed by atoms with E-state index in [9.17, 15) is 4.79 Å². The van der Waals surface area contributed by atoms with Gasteiger partial charge < -0.3 is 24.3 Å². The van der Waals surface area contributed by atoms with Crippen LogP contribution in [0, 0.1) is 11.8 Å². The summed E-state index contributed by atoms with van der Waals surface area (Å²) in [5.74, 6) is 2.63. The Labute approximate surface area is 211 Å². The number of allylic oxidation sites excluding steroid dienone is 2. The molecule has 9 nitrogen and oxygen atoms in total. The van der Waals surface area contributed by atoms with Gasteiger partial charge in [0.1, 0.15) is 5.75 Å². The van der Waals surface area contributed by atoms with Gasteiger partial charge in [-0.15, -0.1) is 0 Å². The zero-order valence-electron chi connectivity index (χ0n) is 21.1. The van der Waals surface area contributed by atoms with Crippen LogP contribution in [-0.4, -0.2) is 64.7 Å². The van der Waals surface area contributed by atoms with Gasteiger partial charge in [0.25, 0.3) is 0 Å². The lowest BCUT2D eigenvalue weighted by atomic mass is 9.85. The molecule has 36 heavy (non-hydrogen) atoms. The maximum absolute atomic E-state index is 12.6. The zero-order chi connectivity index (χ0) is 25.1. The average Bonchev–Trinajstić information content (AvgIpc) is 3.38. The quantitative estimate of drug-likeness (QED) is 0.452. The molecule has 2 saturated heterocycles. The van der Waals surface area contributed by atoms with Crippen LogP contribution in [0.2, 0.25) is 0 Å². The molecule has 1 aromatic heterocycles. The second kappa shape index (κ2) is 10.7. The number of piperidine rings is 1. The molecular weight excluding hydrogens is 458 g/mol. The van der Waals surface area contributed by atoms with Crippen LogP contribution < -0.4 is 9.64 Å². The number of ether oxygens (including phenoxy) is 1. The highest BCUT2D eigenvalue weighted by molar-refractivity contribution is 6.00. The van der Waals surface area contributed by atoms with Crippen molar-refractivity contribution in [3.05, 3.63) is 41.7 Å². The van der Waals surface area contributed by atoms with Gasteiger partial charge in [-0.1, -0.05) is 42.4 Å². The predicted octanol–water partition coefficient (Wildman–Crippen LogP) is 4.34. The fraction of sp³-hybridized carbons (Fsp3) is 0.556. The Hall–Kier alpha value is -3.36. The van der Waals surface area contributed by atoms with Crippen LogP contribution in [-0.2, 0) is 4.79 Å². The Balaban J connectivity index is 1.06. The Bertz CT molecular complexity index is 1110. The van der Waals surface area contributed by atoms with Crippen molar-refractivity contribution in [3.63, 3.8) is 0 Å². The first-order valence-electron chi connectivity index (χ1n) is 13.0. The SMILES string of the molecule is CC(C)c1noc(N2CCC(COc3ccc(C4=CCC(C(=O)N5CC(=NO)C5)CC4)cc3)CC2)n1. The summed E-state index contributed by atoms with van der Waals surface area (Å²) in [4.78, 5) is 21.0. The Morgan fingerprint density at radius 1 is 1.19 bits per heavy atom. The number of oxime groups is 1. The van der Waals surface area contributed by atoms with Crippen LogP contribution >= 0.6 is 0 Å². The molecule has 0 spiro atoms. The summed E-state index contributed by atoms with van der Waals surface area (Å²) < 4.78 is 11.5. The van der Waals surface area contributed by atoms with Crippen molar-refractivity contribution in [3.8, 4) is 5.75 Å². The molecule has 2 aromatic rings. The molecule has 0 radical (unpaired) electrons. The third-order valence-electron chi connectivity index (χ3n) is 7.50. The Kier molecular flexibility index (Phi) is 7.25. The molecule has 1 N–H and O–H groups in total. The first-order chi connectivity index (χ1) is 17.5. The normalized spacial score (nSPS) is 20.8. The molecule has 1 unspecified atom stereocenters. The molecule has 2 fully saturated rings. The van der Waals surface area contributed by atoms with Gasteiger partial charge in [-0.2, -0.15) is 4.98 Å². The van der Waals surface area contributed by atoms with Gasteiger partial charge in [0.2, 0.25) is 5.91 Å². The van der Waals surface area contributed by atoms with Crippen LogP contribution in [0.3, 0.4) is 0 Å². The molecular formula is C27H35N5O4. The number of carbonyl (C=O) groups is 1. The van der Waals surface area contributed by atoms with E-state index in [4.69, 9.17) is 14.5 Å². The van der Waals surface area contributed by atoms with E-state index in [1.54, 1.807) is 4.90 Å². The lowest BCUT2D eigenvalue weighted by molar-refractivity contribution is -0.135. The molecule has 0 saturated carbocycles. The minimum atomic E-state index is 0.0279. The maximum atomic E-state index is 12.6. The lowest BCUT2D eigenvalue weighted by Crippen LogP contribution is -2.52. The number of anilines is 1. The molecule has 9 heteroatoms. The molecule has 3 aliphatic rings. The van der Waals surface area contributed by atoms with Crippen molar-refractivity contribution in [2.45, 2.75) is 51.9 Å². The molecule has 1 amide bonds. The maximum Gasteiger partial charge on any atom is 0.324 e. The van der Waals surface area contributed by atoms with E-state index >= 15 is 0 Å². The van der Waals surface area contributed by atoms with Crippen molar-refractivity contribution in [1.29, 1.82) is 0 Å². The number of carbonyl (C=O) groups excluding carboxylic acids is 1. The van der Waals surface area contributed by atoms with Gasteiger partial charge in [-0.05, 0) is 61.3 Å². The van der Waals surface area contributed by atoms with Gasteiger partial charge in [0.05, 0.1) is 25.4 Å². The summed E-state index contributed by atoms with van der Waals surface area (Å²) in [6.07, 6.45) is 6.78. The highest BCUT2D eigenvalue weighted by Gasteiger charge is 2.33. The van der Waals surface area contributed by atoms with Gasteiger partial charge in [0, 0.05) is 24.9 Å². The van der Waals surface area contributed by atoms with Gasteiger partial charge in [0.15, 0.2) is 5.82 Å². The minimum Gasteiger partial charge on any atom is -0.493 e. The number of hydrogen-bond acceptors (Lipinski definition) is 8. The molecule has 5 rings (SSSR count). The number of rotatable bonds is 7. The predicted molar refractivity (Wildman–Crippen MR) is 136 cm³/mol. The molecule has 1 aromatic carbocycles. The number of likely N-dealkylation sites (tertiary alicyclic amines) is 1. The van der Waals surface area contributed by atoms with Crippen molar-refractivity contribution in [2.75, 3.05) is 37.7 Å². The third-order valence-corrected chi connectivity index (χ3v) is 7.50. The summed E-state index contributed by atoms with van der Waals surface area (Å²) in [7, 11) is 0. The number of amides is 1. The van der Waals surface area contributed by atoms with E-state index < -0.39 is 0 Å². The second-order valence-electron chi connectivity index (χ2n) is 10.4. The average molecular weight is 494 g/mol. The van der Waals surface area contributed by atoms with Gasteiger partial charge in [-0.3, -0.25) is 4.79 Å². The minimum absolute atomic E-state index is 0.0279. The Morgan fingerprint density at radius 3 is 2.56 bits per heavy atom. The standard InChI is InChI=1S/C27H35N5O4/c1-18(2)25-28-27(36-30-25)31-13-11-19(12-14-31)17-35-24-9-7-21(8-10-24)20-3-5-22(6-4-20)26(33)32-15-23(16-32)29-34/h3,7-10,18-19,22,34H,4-6,11-17H2,1-2H3. The summed E-state index contributed by atoms with van der Waals surface area (Å²) >= 11 is 0. The first kappa shape index (κ1) is 24.3. The van der Waals surface area contributed by atoms with Crippen LogP contribution in [0.25, 0.3) is 5.57 Å². The summed E-state index contributed by atoms with van der Waals surface area (Å²) in [5, 5.41) is 16.0. The van der Waals surface area contributed by atoms with Crippen molar-refractivity contribution in [1.82, 2.24) is 15.0 Å². The van der Waals surface area contributed by atoms with Gasteiger partial charge >= 0.3 is 6.01 Å². The number of benzene rings is 1.